The van der Waals surface area contributed by atoms with Crippen LogP contribution in [0.5, 0.6) is 11.5 Å². The molecule has 1 aliphatic heterocycles. The van der Waals surface area contributed by atoms with Crippen LogP contribution in [0.4, 0.5) is 0 Å². The first kappa shape index (κ1) is 15.3. The van der Waals surface area contributed by atoms with Gasteiger partial charge in [-0.1, -0.05) is 6.07 Å². The lowest BCUT2D eigenvalue weighted by molar-refractivity contribution is -0.131. The zero-order valence-electron chi connectivity index (χ0n) is 13.3. The number of carbonyl (C=O) groups excluding carboxylic acids is 1. The number of amides is 1. The van der Waals surface area contributed by atoms with Gasteiger partial charge < -0.3 is 14.4 Å². The van der Waals surface area contributed by atoms with Gasteiger partial charge in [-0.05, 0) is 17.7 Å². The van der Waals surface area contributed by atoms with Gasteiger partial charge in [-0.3, -0.25) is 4.79 Å². The normalized spacial score (nSPS) is 13.4. The second-order valence-electron chi connectivity index (χ2n) is 5.43. The van der Waals surface area contributed by atoms with E-state index >= 15 is 0 Å². The van der Waals surface area contributed by atoms with Crippen LogP contribution in [0.3, 0.4) is 0 Å². The second-order valence-corrected chi connectivity index (χ2v) is 5.43. The van der Waals surface area contributed by atoms with Gasteiger partial charge in [0.05, 0.1) is 26.3 Å². The van der Waals surface area contributed by atoms with Crippen molar-refractivity contribution in [3.8, 4) is 11.5 Å². The topological polar surface area (TPSA) is 64.5 Å². The molecule has 0 aliphatic carbocycles. The molecule has 6 nitrogen and oxygen atoms in total. The highest BCUT2D eigenvalue weighted by Gasteiger charge is 2.21. The summed E-state index contributed by atoms with van der Waals surface area (Å²) < 4.78 is 10.5. The van der Waals surface area contributed by atoms with Crippen LogP contribution < -0.4 is 9.47 Å². The number of methoxy groups -OCH3 is 2. The number of hydrogen-bond donors (Lipinski definition) is 0. The van der Waals surface area contributed by atoms with Gasteiger partial charge in [0, 0.05) is 31.3 Å². The number of fused-ring (bicyclic) bond motifs is 1. The van der Waals surface area contributed by atoms with Gasteiger partial charge in [0.1, 0.15) is 6.33 Å². The molecule has 1 amide bonds. The minimum absolute atomic E-state index is 0.0896. The first-order valence-corrected chi connectivity index (χ1v) is 7.47. The van der Waals surface area contributed by atoms with Crippen molar-refractivity contribution in [2.75, 3.05) is 20.8 Å². The van der Waals surface area contributed by atoms with Crippen molar-refractivity contribution in [3.63, 3.8) is 0 Å². The zero-order valence-corrected chi connectivity index (χ0v) is 13.3. The minimum atomic E-state index is 0.0896. The molecule has 1 aromatic carbocycles. The van der Waals surface area contributed by atoms with Crippen molar-refractivity contribution in [2.24, 2.45) is 0 Å². The molecule has 2 aromatic rings. The van der Waals surface area contributed by atoms with Gasteiger partial charge >= 0.3 is 0 Å². The molecule has 0 unspecified atom stereocenters. The summed E-state index contributed by atoms with van der Waals surface area (Å²) in [6.45, 7) is 1.26. The molecule has 0 atom stereocenters. The molecule has 2 heterocycles. The Labute approximate surface area is 135 Å². The zero-order chi connectivity index (χ0) is 16.2. The summed E-state index contributed by atoms with van der Waals surface area (Å²) in [5.41, 5.74) is 2.97. The number of rotatable bonds is 4. The van der Waals surface area contributed by atoms with Gasteiger partial charge in [0.2, 0.25) is 5.91 Å². The van der Waals surface area contributed by atoms with Crippen molar-refractivity contribution < 1.29 is 14.3 Å². The molecule has 120 valence electrons. The van der Waals surface area contributed by atoms with E-state index in [1.165, 1.54) is 0 Å². The highest BCUT2D eigenvalue weighted by Crippen LogP contribution is 2.28. The number of hydrogen-bond acceptors (Lipinski definition) is 5. The van der Waals surface area contributed by atoms with Crippen molar-refractivity contribution >= 4 is 5.91 Å². The summed E-state index contributed by atoms with van der Waals surface area (Å²) >= 11 is 0. The summed E-state index contributed by atoms with van der Waals surface area (Å²) in [6, 6.07) is 5.55. The van der Waals surface area contributed by atoms with E-state index in [-0.39, 0.29) is 5.91 Å². The molecular weight excluding hydrogens is 294 g/mol. The van der Waals surface area contributed by atoms with E-state index in [4.69, 9.17) is 9.47 Å². The maximum atomic E-state index is 12.5. The molecule has 23 heavy (non-hydrogen) atoms. The Morgan fingerprint density at radius 2 is 2.09 bits per heavy atom. The van der Waals surface area contributed by atoms with Crippen molar-refractivity contribution in [1.29, 1.82) is 0 Å². The Kier molecular flexibility index (Phi) is 4.41. The Hall–Kier alpha value is -2.63. The van der Waals surface area contributed by atoms with Gasteiger partial charge in [-0.15, -0.1) is 0 Å². The summed E-state index contributed by atoms with van der Waals surface area (Å²) in [6.07, 6.45) is 4.46. The highest BCUT2D eigenvalue weighted by molar-refractivity contribution is 5.79. The maximum Gasteiger partial charge on any atom is 0.227 e. The quantitative estimate of drug-likeness (QED) is 0.858. The second kappa shape index (κ2) is 6.64. The van der Waals surface area contributed by atoms with E-state index in [0.717, 1.165) is 23.2 Å². The lowest BCUT2D eigenvalue weighted by Crippen LogP contribution is -2.37. The van der Waals surface area contributed by atoms with Gasteiger partial charge in [-0.2, -0.15) is 0 Å². The number of benzene rings is 1. The van der Waals surface area contributed by atoms with Crippen molar-refractivity contribution in [3.05, 3.63) is 47.5 Å². The lowest BCUT2D eigenvalue weighted by Gasteiger charge is -2.28. The van der Waals surface area contributed by atoms with Gasteiger partial charge in [0.15, 0.2) is 11.5 Å². The van der Waals surface area contributed by atoms with Crippen LogP contribution in [0.15, 0.2) is 30.7 Å². The monoisotopic (exact) mass is 313 g/mol. The summed E-state index contributed by atoms with van der Waals surface area (Å²) in [4.78, 5) is 22.7. The largest absolute Gasteiger partial charge is 0.493 e. The smallest absolute Gasteiger partial charge is 0.227 e. The molecule has 1 aliphatic rings. The van der Waals surface area contributed by atoms with Crippen LogP contribution in [0.25, 0.3) is 0 Å². The third-order valence-corrected chi connectivity index (χ3v) is 4.02. The van der Waals surface area contributed by atoms with E-state index in [9.17, 15) is 4.79 Å². The molecule has 6 heteroatoms. The third kappa shape index (κ3) is 3.26. The van der Waals surface area contributed by atoms with Crippen LogP contribution in [0.2, 0.25) is 0 Å². The van der Waals surface area contributed by atoms with Crippen LogP contribution in [-0.4, -0.2) is 41.5 Å². The predicted molar refractivity (Wildman–Crippen MR) is 84.4 cm³/mol. The van der Waals surface area contributed by atoms with Crippen LogP contribution in [-0.2, 0) is 24.2 Å². The molecule has 3 rings (SSSR count). The Balaban J connectivity index is 1.70. The molecule has 0 N–H and O–H groups in total. The molecule has 0 spiro atoms. The average Bonchev–Trinajstić information content (AvgIpc) is 2.61. The summed E-state index contributed by atoms with van der Waals surface area (Å²) in [5.74, 6) is 1.38. The number of carbonyl (C=O) groups is 1. The number of nitrogens with zero attached hydrogens (tertiary/aromatic N) is 3. The van der Waals surface area contributed by atoms with E-state index < -0.39 is 0 Å². The average molecular weight is 313 g/mol. The fraction of sp³-hybridized carbons (Fsp3) is 0.353. The first-order chi connectivity index (χ1) is 11.2. The van der Waals surface area contributed by atoms with E-state index in [1.54, 1.807) is 26.7 Å². The Morgan fingerprint density at radius 3 is 2.87 bits per heavy atom. The van der Waals surface area contributed by atoms with Crippen LogP contribution in [0.1, 0.15) is 16.8 Å². The third-order valence-electron chi connectivity index (χ3n) is 4.02. The van der Waals surface area contributed by atoms with Gasteiger partial charge in [-0.25, -0.2) is 9.97 Å². The Morgan fingerprint density at radius 1 is 1.26 bits per heavy atom. The number of ether oxygens (including phenoxy) is 2. The van der Waals surface area contributed by atoms with E-state index in [2.05, 4.69) is 9.97 Å². The number of aromatic nitrogens is 2. The van der Waals surface area contributed by atoms with Crippen LogP contribution >= 0.6 is 0 Å². The lowest BCUT2D eigenvalue weighted by atomic mass is 10.1. The molecule has 0 saturated carbocycles. The standard InChI is InChI=1S/C17H19N3O3/c1-22-15-4-3-12(7-16(15)23-2)8-17(21)20-6-5-14-13(10-20)9-18-11-19-14/h3-4,7,9,11H,5-6,8,10H2,1-2H3. The molecule has 0 bridgehead atoms. The molecule has 0 saturated heterocycles. The predicted octanol–water partition coefficient (Wildman–Crippen LogP) is 1.62. The fourth-order valence-corrected chi connectivity index (χ4v) is 2.76. The molecule has 1 aromatic heterocycles. The SMILES string of the molecule is COc1ccc(CC(=O)N2CCc3ncncc3C2)cc1OC. The molecule has 0 fully saturated rings. The van der Waals surface area contributed by atoms with E-state index in [1.807, 2.05) is 23.1 Å². The van der Waals surface area contributed by atoms with Gasteiger partial charge in [0.25, 0.3) is 0 Å². The first-order valence-electron chi connectivity index (χ1n) is 7.47. The molecule has 0 radical (unpaired) electrons. The maximum absolute atomic E-state index is 12.5. The fourth-order valence-electron chi connectivity index (χ4n) is 2.76. The minimum Gasteiger partial charge on any atom is -0.493 e. The summed E-state index contributed by atoms with van der Waals surface area (Å²) in [7, 11) is 3.18. The summed E-state index contributed by atoms with van der Waals surface area (Å²) in [5, 5.41) is 0. The van der Waals surface area contributed by atoms with E-state index in [0.29, 0.717) is 31.0 Å². The van der Waals surface area contributed by atoms with Crippen molar-refractivity contribution in [2.45, 2.75) is 19.4 Å². The van der Waals surface area contributed by atoms with Crippen molar-refractivity contribution in [1.82, 2.24) is 14.9 Å². The Bertz CT molecular complexity index is 718. The molecular formula is C17H19N3O3. The highest BCUT2D eigenvalue weighted by atomic mass is 16.5. The van der Waals surface area contributed by atoms with Crippen LogP contribution in [0, 0.1) is 0 Å².